The lowest BCUT2D eigenvalue weighted by Gasteiger charge is -2.24. The monoisotopic (exact) mass is 294 g/mol. The first-order valence-corrected chi connectivity index (χ1v) is 7.35. The Morgan fingerprint density at radius 2 is 2.10 bits per heavy atom. The van der Waals surface area contributed by atoms with Crippen molar-refractivity contribution in [2.24, 2.45) is 5.92 Å². The molecule has 0 aliphatic rings. The first kappa shape index (κ1) is 17.2. The predicted molar refractivity (Wildman–Crippen MR) is 84.3 cm³/mol. The van der Waals surface area contributed by atoms with Crippen LogP contribution in [0.2, 0.25) is 0 Å². The SMILES string of the molecule is CCC(C)(C)NC(=O)Cn1ncc(NCC(C)C)cc1=O. The Morgan fingerprint density at radius 1 is 1.43 bits per heavy atom. The first-order valence-electron chi connectivity index (χ1n) is 7.35. The summed E-state index contributed by atoms with van der Waals surface area (Å²) < 4.78 is 1.17. The maximum Gasteiger partial charge on any atom is 0.269 e. The Bertz CT molecular complexity index is 535. The van der Waals surface area contributed by atoms with Gasteiger partial charge in [-0.15, -0.1) is 0 Å². The highest BCUT2D eigenvalue weighted by Crippen LogP contribution is 2.06. The zero-order valence-corrected chi connectivity index (χ0v) is 13.6. The second-order valence-electron chi connectivity index (χ2n) is 6.30. The Kier molecular flexibility index (Phi) is 5.93. The van der Waals surface area contributed by atoms with Crippen molar-refractivity contribution in [3.05, 3.63) is 22.6 Å². The van der Waals surface area contributed by atoms with Crippen LogP contribution in [0.25, 0.3) is 0 Å². The average Bonchev–Trinajstić information content (AvgIpc) is 2.38. The van der Waals surface area contributed by atoms with E-state index in [0.29, 0.717) is 11.6 Å². The standard InChI is InChI=1S/C15H26N4O2/c1-6-15(4,5)18-13(20)10-19-14(21)7-12(9-17-19)16-8-11(2)3/h7,9,11,16H,6,8,10H2,1-5H3,(H,18,20). The van der Waals surface area contributed by atoms with Crippen LogP contribution < -0.4 is 16.2 Å². The molecule has 0 fully saturated rings. The molecule has 0 radical (unpaired) electrons. The molecule has 1 aromatic heterocycles. The van der Waals surface area contributed by atoms with Crippen LogP contribution in [-0.4, -0.2) is 27.8 Å². The molecule has 0 saturated carbocycles. The van der Waals surface area contributed by atoms with Gasteiger partial charge in [-0.1, -0.05) is 20.8 Å². The quantitative estimate of drug-likeness (QED) is 0.801. The summed E-state index contributed by atoms with van der Waals surface area (Å²) in [5, 5.41) is 10.1. The molecule has 0 aliphatic carbocycles. The predicted octanol–water partition coefficient (Wildman–Crippen LogP) is 1.62. The van der Waals surface area contributed by atoms with E-state index < -0.39 is 0 Å². The number of nitrogens with one attached hydrogen (secondary N) is 2. The number of amides is 1. The highest BCUT2D eigenvalue weighted by atomic mass is 16.2. The van der Waals surface area contributed by atoms with E-state index in [-0.39, 0.29) is 23.6 Å². The molecule has 0 aliphatic heterocycles. The molecule has 0 spiro atoms. The molecule has 21 heavy (non-hydrogen) atoms. The maximum absolute atomic E-state index is 11.9. The smallest absolute Gasteiger partial charge is 0.269 e. The lowest BCUT2D eigenvalue weighted by molar-refractivity contribution is -0.123. The Balaban J connectivity index is 2.68. The van der Waals surface area contributed by atoms with Crippen LogP contribution in [0.5, 0.6) is 0 Å². The summed E-state index contributed by atoms with van der Waals surface area (Å²) in [6.07, 6.45) is 2.39. The molecule has 2 N–H and O–H groups in total. The number of hydrogen-bond donors (Lipinski definition) is 2. The Hall–Kier alpha value is -1.85. The minimum Gasteiger partial charge on any atom is -0.383 e. The Morgan fingerprint density at radius 3 is 2.62 bits per heavy atom. The molecule has 1 amide bonds. The van der Waals surface area contributed by atoms with Crippen LogP contribution >= 0.6 is 0 Å². The average molecular weight is 294 g/mol. The molecule has 6 nitrogen and oxygen atoms in total. The van der Waals surface area contributed by atoms with Crippen molar-refractivity contribution in [2.45, 2.75) is 53.1 Å². The van der Waals surface area contributed by atoms with E-state index in [4.69, 9.17) is 0 Å². The van der Waals surface area contributed by atoms with Gasteiger partial charge in [0, 0.05) is 18.2 Å². The summed E-state index contributed by atoms with van der Waals surface area (Å²) in [5.41, 5.74) is 0.117. The van der Waals surface area contributed by atoms with E-state index in [1.54, 1.807) is 6.20 Å². The van der Waals surface area contributed by atoms with Gasteiger partial charge in [-0.05, 0) is 26.2 Å². The molecule has 0 atom stereocenters. The van der Waals surface area contributed by atoms with Crippen molar-refractivity contribution in [3.63, 3.8) is 0 Å². The Labute approximate surface area is 125 Å². The summed E-state index contributed by atoms with van der Waals surface area (Å²) in [5.74, 6) is 0.272. The first-order chi connectivity index (χ1) is 9.73. The van der Waals surface area contributed by atoms with Crippen molar-refractivity contribution in [3.8, 4) is 0 Å². The van der Waals surface area contributed by atoms with Gasteiger partial charge in [0.2, 0.25) is 5.91 Å². The fourth-order valence-electron chi connectivity index (χ4n) is 1.61. The second kappa shape index (κ2) is 7.24. The highest BCUT2D eigenvalue weighted by Gasteiger charge is 2.18. The molecule has 1 aromatic rings. The molecule has 1 heterocycles. The molecule has 118 valence electrons. The minimum atomic E-state index is -0.284. The second-order valence-corrected chi connectivity index (χ2v) is 6.30. The number of carbonyl (C=O) groups excluding carboxylic acids is 1. The summed E-state index contributed by atoms with van der Waals surface area (Å²) in [6, 6.07) is 1.47. The van der Waals surface area contributed by atoms with Gasteiger partial charge >= 0.3 is 0 Å². The van der Waals surface area contributed by atoms with Gasteiger partial charge < -0.3 is 10.6 Å². The van der Waals surface area contributed by atoms with E-state index >= 15 is 0 Å². The van der Waals surface area contributed by atoms with Crippen LogP contribution in [0.1, 0.15) is 41.0 Å². The number of hydrogen-bond acceptors (Lipinski definition) is 4. The fraction of sp³-hybridized carbons (Fsp3) is 0.667. The summed E-state index contributed by atoms with van der Waals surface area (Å²) in [7, 11) is 0. The van der Waals surface area contributed by atoms with Gasteiger partial charge in [0.25, 0.3) is 5.56 Å². The molecular formula is C15H26N4O2. The number of nitrogens with zero attached hydrogens (tertiary/aromatic N) is 2. The summed E-state index contributed by atoms with van der Waals surface area (Å²) in [4.78, 5) is 23.8. The topological polar surface area (TPSA) is 76.0 Å². The summed E-state index contributed by atoms with van der Waals surface area (Å²) >= 11 is 0. The van der Waals surface area contributed by atoms with E-state index in [9.17, 15) is 9.59 Å². The lowest BCUT2D eigenvalue weighted by atomic mass is 10.0. The van der Waals surface area contributed by atoms with Crippen molar-refractivity contribution in [1.29, 1.82) is 0 Å². The zero-order valence-electron chi connectivity index (χ0n) is 13.6. The van der Waals surface area contributed by atoms with E-state index in [1.165, 1.54) is 10.7 Å². The van der Waals surface area contributed by atoms with E-state index in [1.807, 2.05) is 20.8 Å². The van der Waals surface area contributed by atoms with Crippen molar-refractivity contribution < 1.29 is 4.79 Å². The van der Waals surface area contributed by atoms with E-state index in [0.717, 1.165) is 13.0 Å². The maximum atomic E-state index is 11.9. The third-order valence-electron chi connectivity index (χ3n) is 3.24. The normalized spacial score (nSPS) is 11.5. The van der Waals surface area contributed by atoms with Gasteiger partial charge in [-0.25, -0.2) is 4.68 Å². The van der Waals surface area contributed by atoms with Gasteiger partial charge in [0.15, 0.2) is 0 Å². The van der Waals surface area contributed by atoms with Crippen LogP contribution in [0.15, 0.2) is 17.1 Å². The number of carbonyl (C=O) groups is 1. The van der Waals surface area contributed by atoms with Gasteiger partial charge in [0.05, 0.1) is 11.9 Å². The largest absolute Gasteiger partial charge is 0.383 e. The molecular weight excluding hydrogens is 268 g/mol. The summed E-state index contributed by atoms with van der Waals surface area (Å²) in [6.45, 7) is 10.8. The third-order valence-corrected chi connectivity index (χ3v) is 3.24. The molecule has 0 bridgehead atoms. The molecule has 0 saturated heterocycles. The number of rotatable bonds is 7. The minimum absolute atomic E-state index is 0.0628. The van der Waals surface area contributed by atoms with Crippen LogP contribution in [0, 0.1) is 5.92 Å². The van der Waals surface area contributed by atoms with Crippen molar-refractivity contribution in [1.82, 2.24) is 15.1 Å². The number of anilines is 1. The molecule has 0 unspecified atom stereocenters. The van der Waals surface area contributed by atoms with Gasteiger partial charge in [-0.2, -0.15) is 5.10 Å². The van der Waals surface area contributed by atoms with Gasteiger partial charge in [0.1, 0.15) is 6.54 Å². The molecule has 6 heteroatoms. The van der Waals surface area contributed by atoms with Crippen molar-refractivity contribution in [2.75, 3.05) is 11.9 Å². The number of aromatic nitrogens is 2. The van der Waals surface area contributed by atoms with Crippen LogP contribution in [0.4, 0.5) is 5.69 Å². The lowest BCUT2D eigenvalue weighted by Crippen LogP contribution is -2.45. The molecule has 0 aromatic carbocycles. The molecule has 1 rings (SSSR count). The fourth-order valence-corrected chi connectivity index (χ4v) is 1.61. The van der Waals surface area contributed by atoms with Crippen LogP contribution in [0.3, 0.4) is 0 Å². The third kappa shape index (κ3) is 5.97. The van der Waals surface area contributed by atoms with Crippen molar-refractivity contribution >= 4 is 11.6 Å². The van der Waals surface area contributed by atoms with Crippen LogP contribution in [-0.2, 0) is 11.3 Å². The van der Waals surface area contributed by atoms with E-state index in [2.05, 4.69) is 29.6 Å². The van der Waals surface area contributed by atoms with Gasteiger partial charge in [-0.3, -0.25) is 9.59 Å². The zero-order chi connectivity index (χ0) is 16.0. The highest BCUT2D eigenvalue weighted by molar-refractivity contribution is 5.76.